The van der Waals surface area contributed by atoms with Crippen LogP contribution in [0.5, 0.6) is 0 Å². The van der Waals surface area contributed by atoms with E-state index >= 15 is 0 Å². The van der Waals surface area contributed by atoms with Crippen molar-refractivity contribution in [3.63, 3.8) is 0 Å². The summed E-state index contributed by atoms with van der Waals surface area (Å²) in [7, 11) is 0. The summed E-state index contributed by atoms with van der Waals surface area (Å²) in [6, 6.07) is 2.17. The van der Waals surface area contributed by atoms with Crippen LogP contribution in [0.2, 0.25) is 0 Å². The van der Waals surface area contributed by atoms with E-state index in [0.717, 1.165) is 4.47 Å². The quantitative estimate of drug-likeness (QED) is 0.917. The highest BCUT2D eigenvalue weighted by molar-refractivity contribution is 9.10. The van der Waals surface area contributed by atoms with Crippen LogP contribution >= 0.6 is 27.3 Å². The zero-order chi connectivity index (χ0) is 11.5. The summed E-state index contributed by atoms with van der Waals surface area (Å²) in [4.78, 5) is 1.23. The molecule has 2 atom stereocenters. The van der Waals surface area contributed by atoms with Crippen LogP contribution in [0.3, 0.4) is 0 Å². The number of thiophene rings is 1. The van der Waals surface area contributed by atoms with Gasteiger partial charge in [-0.3, -0.25) is 0 Å². The van der Waals surface area contributed by atoms with E-state index in [-0.39, 0.29) is 12.1 Å². The molecule has 1 aromatic rings. The van der Waals surface area contributed by atoms with Gasteiger partial charge >= 0.3 is 0 Å². The predicted octanol–water partition coefficient (Wildman–Crippen LogP) is 3.86. The summed E-state index contributed by atoms with van der Waals surface area (Å²) in [5.74, 6) is 0. The summed E-state index contributed by atoms with van der Waals surface area (Å²) in [6.07, 6.45) is 5.44. The summed E-state index contributed by atoms with van der Waals surface area (Å²) in [6.45, 7) is 2.02. The van der Waals surface area contributed by atoms with Crippen LogP contribution in [0.25, 0.3) is 0 Å². The van der Waals surface area contributed by atoms with Crippen LogP contribution in [0.15, 0.2) is 15.9 Å². The standard InChI is InChI=1S/C12H18BrNOS/c1-8(14)12(11-6-9(13)7-16-11)15-10-4-2-3-5-10/h6-8,10,12H,2-5,14H2,1H3. The zero-order valence-electron chi connectivity index (χ0n) is 9.49. The van der Waals surface area contributed by atoms with Crippen LogP contribution < -0.4 is 5.73 Å². The van der Waals surface area contributed by atoms with Crippen molar-refractivity contribution in [2.45, 2.75) is 50.9 Å². The Bertz CT molecular complexity index is 334. The maximum atomic E-state index is 6.14. The highest BCUT2D eigenvalue weighted by Crippen LogP contribution is 2.33. The molecule has 0 aliphatic heterocycles. The normalized spacial score (nSPS) is 21.2. The van der Waals surface area contributed by atoms with Gasteiger partial charge in [-0.15, -0.1) is 11.3 Å². The molecule has 1 saturated carbocycles. The van der Waals surface area contributed by atoms with Gasteiger partial charge in [-0.25, -0.2) is 0 Å². The Morgan fingerprint density at radius 3 is 2.69 bits per heavy atom. The van der Waals surface area contributed by atoms with Crippen LogP contribution in [0, 0.1) is 0 Å². The first-order chi connectivity index (χ1) is 7.66. The van der Waals surface area contributed by atoms with Crippen molar-refractivity contribution in [1.82, 2.24) is 0 Å². The van der Waals surface area contributed by atoms with Gasteiger partial charge < -0.3 is 10.5 Å². The third-order valence-corrected chi connectivity index (χ3v) is 4.74. The fraction of sp³-hybridized carbons (Fsp3) is 0.667. The lowest BCUT2D eigenvalue weighted by molar-refractivity contribution is -0.0182. The van der Waals surface area contributed by atoms with Crippen LogP contribution in [0.4, 0.5) is 0 Å². The van der Waals surface area contributed by atoms with Crippen molar-refractivity contribution in [3.8, 4) is 0 Å². The molecule has 0 spiro atoms. The molecule has 1 aromatic heterocycles. The van der Waals surface area contributed by atoms with E-state index in [1.807, 2.05) is 6.92 Å². The Hall–Kier alpha value is 0.1000. The Balaban J connectivity index is 2.04. The van der Waals surface area contributed by atoms with Gasteiger partial charge in [0.15, 0.2) is 0 Å². The molecular weight excluding hydrogens is 286 g/mol. The molecule has 2 N–H and O–H groups in total. The Morgan fingerprint density at radius 2 is 2.19 bits per heavy atom. The lowest BCUT2D eigenvalue weighted by Crippen LogP contribution is -2.29. The predicted molar refractivity (Wildman–Crippen MR) is 71.8 cm³/mol. The van der Waals surface area contributed by atoms with Gasteiger partial charge in [-0.1, -0.05) is 12.8 Å². The van der Waals surface area contributed by atoms with Gasteiger partial charge in [-0.05, 0) is 41.8 Å². The maximum absolute atomic E-state index is 6.14. The minimum Gasteiger partial charge on any atom is -0.368 e. The highest BCUT2D eigenvalue weighted by atomic mass is 79.9. The monoisotopic (exact) mass is 303 g/mol. The molecule has 0 saturated heterocycles. The lowest BCUT2D eigenvalue weighted by atomic mass is 10.1. The molecule has 0 aromatic carbocycles. The lowest BCUT2D eigenvalue weighted by Gasteiger charge is -2.24. The summed E-state index contributed by atoms with van der Waals surface area (Å²) < 4.78 is 7.26. The van der Waals surface area contributed by atoms with Gasteiger partial charge in [-0.2, -0.15) is 0 Å². The van der Waals surface area contributed by atoms with Crippen LogP contribution in [-0.2, 0) is 4.74 Å². The second-order valence-corrected chi connectivity index (χ2v) is 6.35. The summed E-state index contributed by atoms with van der Waals surface area (Å²) >= 11 is 5.19. The fourth-order valence-corrected chi connectivity index (χ4v) is 3.75. The van der Waals surface area contributed by atoms with E-state index in [4.69, 9.17) is 10.5 Å². The molecule has 0 radical (unpaired) electrons. The van der Waals surface area contributed by atoms with Gasteiger partial charge in [0.05, 0.1) is 6.10 Å². The Kier molecular flexibility index (Phi) is 4.41. The molecule has 90 valence electrons. The van der Waals surface area contributed by atoms with E-state index in [1.54, 1.807) is 11.3 Å². The number of nitrogens with two attached hydrogens (primary N) is 1. The average Bonchev–Trinajstić information content (AvgIpc) is 2.84. The molecule has 4 heteroatoms. The fourth-order valence-electron chi connectivity index (χ4n) is 2.16. The van der Waals surface area contributed by atoms with Crippen molar-refractivity contribution >= 4 is 27.3 Å². The molecule has 2 unspecified atom stereocenters. The zero-order valence-corrected chi connectivity index (χ0v) is 11.9. The minimum absolute atomic E-state index is 0.0474. The van der Waals surface area contributed by atoms with Crippen molar-refractivity contribution in [2.24, 2.45) is 5.73 Å². The second-order valence-electron chi connectivity index (χ2n) is 4.49. The van der Waals surface area contributed by atoms with E-state index in [9.17, 15) is 0 Å². The first-order valence-corrected chi connectivity index (χ1v) is 7.49. The molecule has 0 amide bonds. The van der Waals surface area contributed by atoms with Crippen LogP contribution in [0.1, 0.15) is 43.6 Å². The van der Waals surface area contributed by atoms with E-state index in [1.165, 1.54) is 30.6 Å². The number of hydrogen-bond acceptors (Lipinski definition) is 3. The largest absolute Gasteiger partial charge is 0.368 e. The molecule has 2 nitrogen and oxygen atoms in total. The number of rotatable bonds is 4. The number of hydrogen-bond donors (Lipinski definition) is 1. The Morgan fingerprint density at radius 1 is 1.50 bits per heavy atom. The summed E-state index contributed by atoms with van der Waals surface area (Å²) in [5, 5.41) is 2.09. The SMILES string of the molecule is CC(N)C(OC1CCCC1)c1cc(Br)cs1. The third-order valence-electron chi connectivity index (χ3n) is 2.99. The molecule has 1 aliphatic rings. The molecule has 0 bridgehead atoms. The molecule has 16 heavy (non-hydrogen) atoms. The minimum atomic E-state index is 0.0474. The van der Waals surface area contributed by atoms with Crippen molar-refractivity contribution in [2.75, 3.05) is 0 Å². The average molecular weight is 304 g/mol. The highest BCUT2D eigenvalue weighted by Gasteiger charge is 2.25. The topological polar surface area (TPSA) is 35.2 Å². The molecule has 1 fully saturated rings. The number of halogens is 1. The summed E-state index contributed by atoms with van der Waals surface area (Å²) in [5.41, 5.74) is 6.02. The molecular formula is C12H18BrNOS. The molecule has 1 heterocycles. The Labute approximate surface area is 109 Å². The molecule has 1 aliphatic carbocycles. The first-order valence-electron chi connectivity index (χ1n) is 5.82. The smallest absolute Gasteiger partial charge is 0.107 e. The van der Waals surface area contributed by atoms with Crippen molar-refractivity contribution < 1.29 is 4.74 Å². The van der Waals surface area contributed by atoms with Gasteiger partial charge in [0.25, 0.3) is 0 Å². The van der Waals surface area contributed by atoms with Gasteiger partial charge in [0.2, 0.25) is 0 Å². The van der Waals surface area contributed by atoms with Crippen molar-refractivity contribution in [1.29, 1.82) is 0 Å². The van der Waals surface area contributed by atoms with Gasteiger partial charge in [0.1, 0.15) is 6.10 Å². The molecule has 2 rings (SSSR count). The van der Waals surface area contributed by atoms with Gasteiger partial charge in [0, 0.05) is 20.8 Å². The maximum Gasteiger partial charge on any atom is 0.107 e. The first kappa shape index (κ1) is 12.6. The van der Waals surface area contributed by atoms with E-state index in [0.29, 0.717) is 6.10 Å². The van der Waals surface area contributed by atoms with E-state index < -0.39 is 0 Å². The van der Waals surface area contributed by atoms with E-state index in [2.05, 4.69) is 27.4 Å². The van der Waals surface area contributed by atoms with Crippen molar-refractivity contribution in [3.05, 3.63) is 20.8 Å². The van der Waals surface area contributed by atoms with Crippen LogP contribution in [-0.4, -0.2) is 12.1 Å². The second kappa shape index (κ2) is 5.63. The third kappa shape index (κ3) is 3.06. The number of ether oxygens (including phenoxy) is 1.